The van der Waals surface area contributed by atoms with Crippen LogP contribution in [0.2, 0.25) is 0 Å². The van der Waals surface area contributed by atoms with Gasteiger partial charge in [-0.15, -0.1) is 0 Å². The number of aryl methyl sites for hydroxylation is 3. The molecule has 148 valence electrons. The molecule has 1 aromatic rings. The van der Waals surface area contributed by atoms with Gasteiger partial charge in [-0.3, -0.25) is 24.1 Å². The summed E-state index contributed by atoms with van der Waals surface area (Å²) in [4.78, 5) is 49.9. The van der Waals surface area contributed by atoms with Crippen molar-refractivity contribution >= 4 is 29.4 Å². The molecule has 0 aromatic heterocycles. The number of rotatable bonds is 5. The molecule has 28 heavy (non-hydrogen) atoms. The predicted molar refractivity (Wildman–Crippen MR) is 102 cm³/mol. The highest BCUT2D eigenvalue weighted by atomic mass is 16.5. The number of amides is 3. The normalized spacial score (nSPS) is 20.9. The molecule has 2 aliphatic rings. The van der Waals surface area contributed by atoms with Gasteiger partial charge in [0.15, 0.2) is 6.61 Å². The van der Waals surface area contributed by atoms with Crippen molar-refractivity contribution in [3.05, 3.63) is 41.0 Å². The lowest BCUT2D eigenvalue weighted by atomic mass is 9.85. The van der Waals surface area contributed by atoms with Crippen molar-refractivity contribution in [3.8, 4) is 0 Å². The van der Waals surface area contributed by atoms with Gasteiger partial charge in [0.05, 0.1) is 11.8 Å². The fraction of sp³-hybridized carbons (Fsp3) is 0.429. The average Bonchev–Trinajstić information content (AvgIpc) is 2.88. The number of nitrogens with one attached hydrogen (secondary N) is 1. The van der Waals surface area contributed by atoms with Crippen LogP contribution in [0.5, 0.6) is 0 Å². The third kappa shape index (κ3) is 3.98. The Kier molecular flexibility index (Phi) is 5.63. The number of esters is 1. The Balaban J connectivity index is 1.53. The number of anilines is 1. The molecule has 1 heterocycles. The summed E-state index contributed by atoms with van der Waals surface area (Å²) in [7, 11) is 0. The number of hydrogen-bond donors (Lipinski definition) is 1. The van der Waals surface area contributed by atoms with Crippen molar-refractivity contribution in [1.82, 2.24) is 4.90 Å². The van der Waals surface area contributed by atoms with E-state index in [-0.39, 0.29) is 23.7 Å². The zero-order valence-electron chi connectivity index (χ0n) is 16.3. The average molecular weight is 384 g/mol. The Morgan fingerprint density at radius 2 is 1.57 bits per heavy atom. The summed E-state index contributed by atoms with van der Waals surface area (Å²) in [6.07, 6.45) is 4.79. The van der Waals surface area contributed by atoms with Gasteiger partial charge in [-0.2, -0.15) is 0 Å². The molecule has 1 N–H and O–H groups in total. The van der Waals surface area contributed by atoms with Crippen LogP contribution in [0.15, 0.2) is 24.3 Å². The molecule has 0 unspecified atom stereocenters. The topological polar surface area (TPSA) is 92.8 Å². The summed E-state index contributed by atoms with van der Waals surface area (Å²) in [6.45, 7) is 4.82. The lowest BCUT2D eigenvalue weighted by molar-refractivity contribution is -0.154. The van der Waals surface area contributed by atoms with Crippen LogP contribution in [0, 0.1) is 32.6 Å². The Bertz CT molecular complexity index is 825. The van der Waals surface area contributed by atoms with E-state index in [0.717, 1.165) is 21.6 Å². The van der Waals surface area contributed by atoms with E-state index in [4.69, 9.17) is 4.74 Å². The molecule has 1 aliphatic carbocycles. The Labute approximate surface area is 163 Å². The molecule has 1 saturated heterocycles. The van der Waals surface area contributed by atoms with Gasteiger partial charge in [-0.1, -0.05) is 29.8 Å². The van der Waals surface area contributed by atoms with Gasteiger partial charge in [0.2, 0.25) is 11.8 Å². The molecule has 1 fully saturated rings. The number of allylic oxidation sites excluding steroid dienone is 2. The number of fused-ring (bicyclic) bond motifs is 1. The number of imide groups is 1. The number of ether oxygens (including phenoxy) is 1. The minimum Gasteiger partial charge on any atom is -0.454 e. The quantitative estimate of drug-likeness (QED) is 0.476. The van der Waals surface area contributed by atoms with E-state index in [1.54, 1.807) is 0 Å². The van der Waals surface area contributed by atoms with E-state index in [1.807, 2.05) is 45.1 Å². The molecule has 3 rings (SSSR count). The van der Waals surface area contributed by atoms with E-state index >= 15 is 0 Å². The van der Waals surface area contributed by atoms with Gasteiger partial charge >= 0.3 is 5.97 Å². The Morgan fingerprint density at radius 1 is 1.04 bits per heavy atom. The number of likely N-dealkylation sites (tertiary alicyclic amines) is 1. The van der Waals surface area contributed by atoms with E-state index in [0.29, 0.717) is 18.5 Å². The second kappa shape index (κ2) is 7.96. The first kappa shape index (κ1) is 19.8. The summed E-state index contributed by atoms with van der Waals surface area (Å²) in [6, 6.07) is 3.90. The number of carbonyl (C=O) groups excluding carboxylic acids is 4. The fourth-order valence-electron chi connectivity index (χ4n) is 3.90. The van der Waals surface area contributed by atoms with Gasteiger partial charge in [0.1, 0.15) is 6.54 Å². The number of carbonyl (C=O) groups is 4. The van der Waals surface area contributed by atoms with Crippen molar-refractivity contribution in [2.24, 2.45) is 11.8 Å². The molecule has 7 heteroatoms. The minimum atomic E-state index is -0.777. The van der Waals surface area contributed by atoms with Crippen molar-refractivity contribution in [2.45, 2.75) is 33.6 Å². The molecule has 0 radical (unpaired) electrons. The van der Waals surface area contributed by atoms with Gasteiger partial charge in [0, 0.05) is 5.69 Å². The molecule has 0 spiro atoms. The van der Waals surface area contributed by atoms with E-state index in [9.17, 15) is 19.2 Å². The predicted octanol–water partition coefficient (Wildman–Crippen LogP) is 2.04. The van der Waals surface area contributed by atoms with Crippen molar-refractivity contribution in [2.75, 3.05) is 18.5 Å². The molecule has 1 aromatic carbocycles. The molecule has 2 atom stereocenters. The van der Waals surface area contributed by atoms with Crippen LogP contribution in [-0.2, 0) is 23.9 Å². The van der Waals surface area contributed by atoms with Crippen molar-refractivity contribution < 1.29 is 23.9 Å². The van der Waals surface area contributed by atoms with Crippen molar-refractivity contribution in [3.63, 3.8) is 0 Å². The van der Waals surface area contributed by atoms with E-state index in [1.165, 1.54) is 0 Å². The molecule has 0 saturated carbocycles. The number of hydrogen-bond acceptors (Lipinski definition) is 5. The first-order valence-corrected chi connectivity index (χ1v) is 9.31. The largest absolute Gasteiger partial charge is 0.454 e. The van der Waals surface area contributed by atoms with Crippen LogP contribution in [-0.4, -0.2) is 41.7 Å². The SMILES string of the molecule is Cc1cc(C)c(NC(=O)COC(=O)CN2C(=O)[C@H]3CC=CC[C@H]3C2=O)c(C)c1. The standard InChI is InChI=1S/C21H24N2O5/c1-12-8-13(2)19(14(3)9-12)22-17(24)11-28-18(25)10-23-20(26)15-6-4-5-7-16(15)21(23)27/h4-5,8-9,15-16H,6-7,10-11H2,1-3H3,(H,22,24)/t15-,16+. The molecule has 1 aliphatic heterocycles. The van der Waals surface area contributed by atoms with Crippen LogP contribution in [0.1, 0.15) is 29.5 Å². The Morgan fingerprint density at radius 3 is 2.11 bits per heavy atom. The lowest BCUT2D eigenvalue weighted by Gasteiger charge is -2.15. The number of benzene rings is 1. The third-order valence-electron chi connectivity index (χ3n) is 5.19. The van der Waals surface area contributed by atoms with Crippen LogP contribution >= 0.6 is 0 Å². The summed E-state index contributed by atoms with van der Waals surface area (Å²) in [5.74, 6) is -2.71. The fourth-order valence-corrected chi connectivity index (χ4v) is 3.90. The smallest absolute Gasteiger partial charge is 0.326 e. The monoisotopic (exact) mass is 384 g/mol. The van der Waals surface area contributed by atoms with Gasteiger partial charge in [-0.25, -0.2) is 0 Å². The maximum Gasteiger partial charge on any atom is 0.326 e. The second-order valence-corrected chi connectivity index (χ2v) is 7.40. The van der Waals surface area contributed by atoms with Crippen LogP contribution in [0.3, 0.4) is 0 Å². The first-order chi connectivity index (χ1) is 13.3. The Hall–Kier alpha value is -2.96. The molecular formula is C21H24N2O5. The molecule has 0 bridgehead atoms. The van der Waals surface area contributed by atoms with Crippen LogP contribution in [0.4, 0.5) is 5.69 Å². The highest BCUT2D eigenvalue weighted by Crippen LogP contribution is 2.34. The van der Waals surface area contributed by atoms with Gasteiger partial charge < -0.3 is 10.1 Å². The highest BCUT2D eigenvalue weighted by molar-refractivity contribution is 6.07. The maximum atomic E-state index is 12.4. The second-order valence-electron chi connectivity index (χ2n) is 7.40. The third-order valence-corrected chi connectivity index (χ3v) is 5.19. The molecule has 7 nitrogen and oxygen atoms in total. The zero-order valence-corrected chi connectivity index (χ0v) is 16.3. The van der Waals surface area contributed by atoms with E-state index in [2.05, 4.69) is 5.32 Å². The maximum absolute atomic E-state index is 12.4. The minimum absolute atomic E-state index is 0.341. The molecule has 3 amide bonds. The summed E-state index contributed by atoms with van der Waals surface area (Å²) >= 11 is 0. The zero-order chi connectivity index (χ0) is 20.4. The van der Waals surface area contributed by atoms with Crippen LogP contribution in [0.25, 0.3) is 0 Å². The lowest BCUT2D eigenvalue weighted by Crippen LogP contribution is -2.37. The molecular weight excluding hydrogens is 360 g/mol. The van der Waals surface area contributed by atoms with Crippen LogP contribution < -0.4 is 5.32 Å². The summed E-state index contributed by atoms with van der Waals surface area (Å²) < 4.78 is 4.98. The van der Waals surface area contributed by atoms with Gasteiger partial charge in [-0.05, 0) is 44.7 Å². The first-order valence-electron chi connectivity index (χ1n) is 9.31. The highest BCUT2D eigenvalue weighted by Gasteiger charge is 2.47. The summed E-state index contributed by atoms with van der Waals surface area (Å²) in [5, 5.41) is 2.74. The van der Waals surface area contributed by atoms with Crippen molar-refractivity contribution in [1.29, 1.82) is 0 Å². The number of nitrogens with zero attached hydrogens (tertiary/aromatic N) is 1. The summed E-state index contributed by atoms with van der Waals surface area (Å²) in [5.41, 5.74) is 3.62. The van der Waals surface area contributed by atoms with E-state index < -0.39 is 25.0 Å². The van der Waals surface area contributed by atoms with Gasteiger partial charge in [0.25, 0.3) is 5.91 Å².